The minimum Gasteiger partial charge on any atom is -0.508 e. The van der Waals surface area contributed by atoms with Crippen LogP contribution < -0.4 is 0 Å². The van der Waals surface area contributed by atoms with Crippen molar-refractivity contribution in [2.45, 2.75) is 19.4 Å². The van der Waals surface area contributed by atoms with E-state index in [0.717, 1.165) is 0 Å². The van der Waals surface area contributed by atoms with Crippen LogP contribution in [-0.2, 0) is 11.2 Å². The van der Waals surface area contributed by atoms with Crippen LogP contribution in [0.25, 0.3) is 0 Å². The standard InChI is InChI=1S/C10H10O3/c1-6-5-8-7(10(12)13-6)3-2-4-9(8)11/h2-4,6,11H,5H2,1H3/t6-/m1/s1. The molecule has 1 aliphatic heterocycles. The van der Waals surface area contributed by atoms with E-state index in [9.17, 15) is 9.90 Å². The van der Waals surface area contributed by atoms with E-state index in [-0.39, 0.29) is 17.8 Å². The molecular formula is C10H10O3. The van der Waals surface area contributed by atoms with E-state index in [1.54, 1.807) is 18.2 Å². The SMILES string of the molecule is C[C@@H]1Cc2c(O)cccc2C(=O)O1. The van der Waals surface area contributed by atoms with Crippen molar-refractivity contribution in [3.8, 4) is 5.75 Å². The zero-order chi connectivity index (χ0) is 9.42. The van der Waals surface area contributed by atoms with E-state index < -0.39 is 0 Å². The molecule has 0 bridgehead atoms. The Kier molecular flexibility index (Phi) is 1.72. The third-order valence-corrected chi connectivity index (χ3v) is 2.17. The number of rotatable bonds is 0. The molecule has 0 fully saturated rings. The number of carbonyl (C=O) groups excluding carboxylic acids is 1. The Labute approximate surface area is 76.0 Å². The van der Waals surface area contributed by atoms with Crippen molar-refractivity contribution in [1.29, 1.82) is 0 Å². The fourth-order valence-electron chi connectivity index (χ4n) is 1.56. The summed E-state index contributed by atoms with van der Waals surface area (Å²) in [5.41, 5.74) is 1.18. The van der Waals surface area contributed by atoms with Crippen molar-refractivity contribution in [2.75, 3.05) is 0 Å². The molecule has 0 spiro atoms. The zero-order valence-corrected chi connectivity index (χ0v) is 7.28. The summed E-state index contributed by atoms with van der Waals surface area (Å²) in [4.78, 5) is 11.3. The predicted molar refractivity (Wildman–Crippen MR) is 46.7 cm³/mol. The topological polar surface area (TPSA) is 46.5 Å². The molecule has 13 heavy (non-hydrogen) atoms. The molecule has 68 valence electrons. The Morgan fingerprint density at radius 2 is 2.31 bits per heavy atom. The number of ether oxygens (including phenoxy) is 1. The van der Waals surface area contributed by atoms with Crippen molar-refractivity contribution < 1.29 is 14.6 Å². The van der Waals surface area contributed by atoms with Gasteiger partial charge >= 0.3 is 5.97 Å². The highest BCUT2D eigenvalue weighted by Crippen LogP contribution is 2.27. The van der Waals surface area contributed by atoms with Gasteiger partial charge in [0, 0.05) is 12.0 Å². The van der Waals surface area contributed by atoms with Crippen LogP contribution in [0, 0.1) is 0 Å². The third kappa shape index (κ3) is 1.26. The lowest BCUT2D eigenvalue weighted by Crippen LogP contribution is -2.24. The van der Waals surface area contributed by atoms with Crippen molar-refractivity contribution >= 4 is 5.97 Å². The lowest BCUT2D eigenvalue weighted by atomic mass is 9.98. The second kappa shape index (κ2) is 2.76. The van der Waals surface area contributed by atoms with Crippen LogP contribution in [0.5, 0.6) is 5.75 Å². The molecule has 0 saturated carbocycles. The molecule has 1 N–H and O–H groups in total. The van der Waals surface area contributed by atoms with Gasteiger partial charge in [-0.3, -0.25) is 0 Å². The summed E-state index contributed by atoms with van der Waals surface area (Å²) in [6, 6.07) is 4.90. The molecule has 1 aromatic rings. The van der Waals surface area contributed by atoms with Gasteiger partial charge in [-0.2, -0.15) is 0 Å². The number of esters is 1. The summed E-state index contributed by atoms with van der Waals surface area (Å²) >= 11 is 0. The Morgan fingerprint density at radius 1 is 1.54 bits per heavy atom. The number of fused-ring (bicyclic) bond motifs is 1. The van der Waals surface area contributed by atoms with Gasteiger partial charge < -0.3 is 9.84 Å². The number of hydrogen-bond acceptors (Lipinski definition) is 3. The Bertz CT molecular complexity index is 357. The second-order valence-corrected chi connectivity index (χ2v) is 3.22. The van der Waals surface area contributed by atoms with Crippen molar-refractivity contribution in [2.24, 2.45) is 0 Å². The first-order chi connectivity index (χ1) is 6.18. The summed E-state index contributed by atoms with van der Waals surface area (Å²) in [5, 5.41) is 9.48. The summed E-state index contributed by atoms with van der Waals surface area (Å²) in [5.74, 6) is -0.161. The van der Waals surface area contributed by atoms with Crippen LogP contribution >= 0.6 is 0 Å². The first-order valence-corrected chi connectivity index (χ1v) is 4.20. The number of phenolic OH excluding ortho intramolecular Hbond substituents is 1. The molecule has 1 atom stereocenters. The molecule has 0 unspecified atom stereocenters. The van der Waals surface area contributed by atoms with Gasteiger partial charge in [-0.1, -0.05) is 6.07 Å². The van der Waals surface area contributed by atoms with Gasteiger partial charge in [0.2, 0.25) is 0 Å². The first kappa shape index (κ1) is 8.10. The van der Waals surface area contributed by atoms with E-state index in [4.69, 9.17) is 4.74 Å². The largest absolute Gasteiger partial charge is 0.508 e. The molecular weight excluding hydrogens is 168 g/mol. The van der Waals surface area contributed by atoms with Crippen molar-refractivity contribution in [3.05, 3.63) is 29.3 Å². The number of phenols is 1. The van der Waals surface area contributed by atoms with Crippen molar-refractivity contribution in [1.82, 2.24) is 0 Å². The Hall–Kier alpha value is -1.51. The maximum absolute atomic E-state index is 11.3. The minimum absolute atomic E-state index is 0.145. The van der Waals surface area contributed by atoms with Crippen LogP contribution in [0.3, 0.4) is 0 Å². The Balaban J connectivity index is 2.55. The zero-order valence-electron chi connectivity index (χ0n) is 7.28. The minimum atomic E-state index is -0.343. The summed E-state index contributed by atoms with van der Waals surface area (Å²) in [7, 11) is 0. The summed E-state index contributed by atoms with van der Waals surface area (Å²) in [6.45, 7) is 1.81. The lowest BCUT2D eigenvalue weighted by molar-refractivity contribution is 0.0298. The van der Waals surface area contributed by atoms with Gasteiger partial charge in [-0.25, -0.2) is 4.79 Å². The Morgan fingerprint density at radius 3 is 3.08 bits per heavy atom. The monoisotopic (exact) mass is 178 g/mol. The van der Waals surface area contributed by atoms with Crippen LogP contribution in [0.1, 0.15) is 22.8 Å². The van der Waals surface area contributed by atoms with Crippen LogP contribution in [0.15, 0.2) is 18.2 Å². The molecule has 1 aliphatic rings. The number of hydrogen-bond donors (Lipinski definition) is 1. The number of cyclic esters (lactones) is 1. The molecule has 1 heterocycles. The average molecular weight is 178 g/mol. The molecule has 0 radical (unpaired) electrons. The van der Waals surface area contributed by atoms with Crippen LogP contribution in [0.4, 0.5) is 0 Å². The summed E-state index contributed by atoms with van der Waals surface area (Å²) < 4.78 is 5.02. The predicted octanol–water partition coefficient (Wildman–Crippen LogP) is 1.49. The third-order valence-electron chi connectivity index (χ3n) is 2.17. The lowest BCUT2D eigenvalue weighted by Gasteiger charge is -2.21. The van der Waals surface area contributed by atoms with E-state index in [1.165, 1.54) is 0 Å². The highest BCUT2D eigenvalue weighted by atomic mass is 16.5. The fourth-order valence-corrected chi connectivity index (χ4v) is 1.56. The number of aromatic hydroxyl groups is 1. The molecule has 0 amide bonds. The van der Waals surface area contributed by atoms with E-state index in [2.05, 4.69) is 0 Å². The van der Waals surface area contributed by atoms with E-state index in [0.29, 0.717) is 17.5 Å². The van der Waals surface area contributed by atoms with E-state index in [1.807, 2.05) is 6.92 Å². The maximum Gasteiger partial charge on any atom is 0.338 e. The molecule has 0 aliphatic carbocycles. The van der Waals surface area contributed by atoms with Gasteiger partial charge in [0.05, 0.1) is 5.56 Å². The molecule has 3 heteroatoms. The van der Waals surface area contributed by atoms with Crippen LogP contribution in [-0.4, -0.2) is 17.2 Å². The quantitative estimate of drug-likeness (QED) is 0.612. The number of benzene rings is 1. The molecule has 0 saturated heterocycles. The fraction of sp³-hybridized carbons (Fsp3) is 0.300. The molecule has 2 rings (SSSR count). The van der Waals surface area contributed by atoms with Crippen molar-refractivity contribution in [3.63, 3.8) is 0 Å². The smallest absolute Gasteiger partial charge is 0.338 e. The average Bonchev–Trinajstić information content (AvgIpc) is 2.07. The van der Waals surface area contributed by atoms with E-state index >= 15 is 0 Å². The molecule has 1 aromatic carbocycles. The van der Waals surface area contributed by atoms with Gasteiger partial charge in [-0.05, 0) is 19.1 Å². The maximum atomic E-state index is 11.3. The van der Waals surface area contributed by atoms with Gasteiger partial charge in [0.25, 0.3) is 0 Å². The van der Waals surface area contributed by atoms with Gasteiger partial charge in [0.15, 0.2) is 0 Å². The first-order valence-electron chi connectivity index (χ1n) is 4.20. The van der Waals surface area contributed by atoms with Crippen LogP contribution in [0.2, 0.25) is 0 Å². The normalized spacial score (nSPS) is 20.7. The van der Waals surface area contributed by atoms with Gasteiger partial charge in [-0.15, -0.1) is 0 Å². The second-order valence-electron chi connectivity index (χ2n) is 3.22. The molecule has 0 aromatic heterocycles. The highest BCUT2D eigenvalue weighted by Gasteiger charge is 2.25. The highest BCUT2D eigenvalue weighted by molar-refractivity contribution is 5.93. The molecule has 3 nitrogen and oxygen atoms in total. The summed E-state index contributed by atoms with van der Waals surface area (Å²) in [6.07, 6.45) is 0.446. The van der Waals surface area contributed by atoms with Gasteiger partial charge in [0.1, 0.15) is 11.9 Å². The number of carbonyl (C=O) groups is 1.